The van der Waals surface area contributed by atoms with Crippen molar-refractivity contribution < 1.29 is 18.9 Å². The molecule has 0 N–H and O–H groups in total. The van der Waals surface area contributed by atoms with Crippen LogP contribution in [0.15, 0.2) is 11.1 Å². The van der Waals surface area contributed by atoms with Crippen LogP contribution in [0.4, 0.5) is 0 Å². The maximum atomic E-state index is 6.98. The molecule has 18 fully saturated rings. The SMILES string of the molecule is C1CCC(OC2C3[C@@H]4[C@@H]5C6C(=C7C8[C@@H]9[C@@H]%10C7[C@@H]7[C@H]8[C@H]8C%11C(OC%12CCCCO%12)C([C@@H]98)[C@@H]%10[C@@H]%117)C7[C@@H]8[C@H]6[C@H]4C2[C@@H]8[C@H]3[C@@H]75)OC1. The van der Waals surface area contributed by atoms with Crippen LogP contribution in [0.2, 0.25) is 0 Å². The van der Waals surface area contributed by atoms with Gasteiger partial charge in [-0.15, -0.1) is 0 Å². The molecule has 12 unspecified atom stereocenters. The molecule has 42 heavy (non-hydrogen) atoms. The van der Waals surface area contributed by atoms with Crippen LogP contribution >= 0.6 is 0 Å². The van der Waals surface area contributed by atoms with Crippen molar-refractivity contribution >= 4 is 0 Å². The van der Waals surface area contributed by atoms with Crippen LogP contribution < -0.4 is 0 Å². The Morgan fingerprint density at radius 2 is 0.667 bits per heavy atom. The van der Waals surface area contributed by atoms with Gasteiger partial charge in [0, 0.05) is 13.2 Å². The van der Waals surface area contributed by atoms with Gasteiger partial charge in [0.05, 0.1) is 12.2 Å². The Kier molecular flexibility index (Phi) is 3.14. The maximum absolute atomic E-state index is 6.98. The lowest BCUT2D eigenvalue weighted by Crippen LogP contribution is -2.32. The Morgan fingerprint density at radius 3 is 0.929 bits per heavy atom. The summed E-state index contributed by atoms with van der Waals surface area (Å²) in [5.74, 6) is 25.2. The topological polar surface area (TPSA) is 36.9 Å². The molecule has 18 rings (SSSR count). The molecule has 0 amide bonds. The third-order valence-corrected chi connectivity index (χ3v) is 20.2. The van der Waals surface area contributed by atoms with Crippen molar-refractivity contribution in [1.29, 1.82) is 0 Å². The smallest absolute Gasteiger partial charge is 0.157 e. The van der Waals surface area contributed by atoms with Gasteiger partial charge in [-0.2, -0.15) is 0 Å². The highest BCUT2D eigenvalue weighted by Gasteiger charge is 2.95. The van der Waals surface area contributed by atoms with Crippen molar-refractivity contribution in [3.05, 3.63) is 11.1 Å². The van der Waals surface area contributed by atoms with E-state index in [1.165, 1.54) is 25.7 Å². The fourth-order valence-electron chi connectivity index (χ4n) is 21.6. The summed E-state index contributed by atoms with van der Waals surface area (Å²) in [6, 6.07) is 0. The molecular weight excluding hydrogens is 520 g/mol. The zero-order valence-corrected chi connectivity index (χ0v) is 24.5. The molecular formula is C38H44O4. The molecule has 0 aromatic carbocycles. The molecule has 2 aliphatic heterocycles. The van der Waals surface area contributed by atoms with Crippen LogP contribution in [0.25, 0.3) is 0 Å². The monoisotopic (exact) mass is 564 g/mol. The van der Waals surface area contributed by atoms with Crippen LogP contribution in [0.1, 0.15) is 38.5 Å². The number of hydrogen-bond donors (Lipinski definition) is 0. The van der Waals surface area contributed by atoms with E-state index >= 15 is 0 Å². The highest BCUT2D eigenvalue weighted by molar-refractivity contribution is 5.55. The quantitative estimate of drug-likeness (QED) is 0.446. The summed E-state index contributed by atoms with van der Waals surface area (Å²) < 4.78 is 26.3. The standard InChI is InChI=1S/C38H44O4/c1-3-7-39-9(5-1)41-37-33-25-17-13-11(14-19(17)27(33)28-20(14)18(13)26(25)34(28)37)12-15-21-23-16(12)24-22(15)30-29(21)35-31(23)32(24)36(30)38(35)42-10-6-2-4-8-40-10/h9-10,13-38H,1-8H2/t9?,10?,13?,14?,15?,16?,17-,18+,19+,20-,21-,22+,23+,24-,25-,26-,27-,28+,29+,30-,31+,32+,33?,34?,35?,36?,37?,38?. The number of rotatable bonds is 4. The van der Waals surface area contributed by atoms with Gasteiger partial charge in [0.1, 0.15) is 0 Å². The van der Waals surface area contributed by atoms with Gasteiger partial charge >= 0.3 is 0 Å². The van der Waals surface area contributed by atoms with E-state index < -0.39 is 0 Å². The predicted octanol–water partition coefficient (Wildman–Crippen LogP) is 5.09. The Bertz CT molecular complexity index is 1190. The largest absolute Gasteiger partial charge is 0.353 e. The average molecular weight is 565 g/mol. The highest BCUT2D eigenvalue weighted by atomic mass is 16.7. The lowest BCUT2D eigenvalue weighted by Gasteiger charge is -2.30. The highest BCUT2D eigenvalue weighted by Crippen LogP contribution is 2.98. The second kappa shape index (κ2) is 6.16. The van der Waals surface area contributed by atoms with Crippen LogP contribution in [0.5, 0.6) is 0 Å². The second-order valence-corrected chi connectivity index (χ2v) is 19.4. The van der Waals surface area contributed by atoms with Gasteiger partial charge in [0.25, 0.3) is 0 Å². The van der Waals surface area contributed by atoms with E-state index in [0.29, 0.717) is 12.2 Å². The summed E-state index contributed by atoms with van der Waals surface area (Å²) in [6.07, 6.45) is 8.84. The van der Waals surface area contributed by atoms with Crippen LogP contribution in [0.3, 0.4) is 0 Å². The normalized spacial score (nSPS) is 81.7. The molecule has 220 valence electrons. The van der Waals surface area contributed by atoms with E-state index in [-0.39, 0.29) is 12.6 Å². The van der Waals surface area contributed by atoms with Crippen LogP contribution in [0, 0.1) is 142 Å². The lowest BCUT2D eigenvalue weighted by molar-refractivity contribution is -0.199. The van der Waals surface area contributed by atoms with Crippen molar-refractivity contribution in [2.24, 2.45) is 142 Å². The fraction of sp³-hybridized carbons (Fsp3) is 0.947. The molecule has 0 spiro atoms. The van der Waals surface area contributed by atoms with Gasteiger partial charge in [-0.05, 0) is 181 Å². The summed E-state index contributed by atoms with van der Waals surface area (Å²) in [5.41, 5.74) is 4.50. The summed E-state index contributed by atoms with van der Waals surface area (Å²) in [5, 5.41) is 0. The van der Waals surface area contributed by atoms with Gasteiger partial charge in [0.15, 0.2) is 12.6 Å². The molecule has 28 atom stereocenters. The van der Waals surface area contributed by atoms with Gasteiger partial charge in [-0.1, -0.05) is 11.1 Å². The Hall–Kier alpha value is -0.420. The van der Waals surface area contributed by atoms with E-state index in [2.05, 4.69) is 11.1 Å². The maximum Gasteiger partial charge on any atom is 0.157 e. The molecule has 2 heterocycles. The van der Waals surface area contributed by atoms with Crippen molar-refractivity contribution in [2.45, 2.75) is 63.3 Å². The molecule has 2 saturated heterocycles. The Labute approximate surface area is 248 Å². The molecule has 0 radical (unpaired) electrons. The summed E-state index contributed by atoms with van der Waals surface area (Å²) in [6.45, 7) is 1.87. The van der Waals surface area contributed by atoms with Gasteiger partial charge < -0.3 is 18.9 Å². The van der Waals surface area contributed by atoms with E-state index in [9.17, 15) is 0 Å². The molecule has 0 aromatic heterocycles. The Morgan fingerprint density at radius 1 is 0.357 bits per heavy atom. The zero-order valence-electron chi connectivity index (χ0n) is 24.5. The molecule has 4 heteroatoms. The summed E-state index contributed by atoms with van der Waals surface area (Å²) in [4.78, 5) is 0. The first-order valence-corrected chi connectivity index (χ1v) is 19.2. The van der Waals surface area contributed by atoms with Crippen LogP contribution in [-0.4, -0.2) is 38.0 Å². The van der Waals surface area contributed by atoms with E-state index in [1.807, 2.05) is 0 Å². The molecule has 16 saturated carbocycles. The number of allylic oxidation sites excluding steroid dienone is 2. The average Bonchev–Trinajstić information content (AvgIpc) is 3.79. The second-order valence-electron chi connectivity index (χ2n) is 19.4. The minimum Gasteiger partial charge on any atom is -0.353 e. The Balaban J connectivity index is 0.776. The van der Waals surface area contributed by atoms with E-state index in [0.717, 1.165) is 168 Å². The fourth-order valence-corrected chi connectivity index (χ4v) is 21.6. The minimum absolute atomic E-state index is 0.132. The van der Waals surface area contributed by atoms with Crippen LogP contribution in [-0.2, 0) is 18.9 Å². The van der Waals surface area contributed by atoms with Gasteiger partial charge in [-0.25, -0.2) is 0 Å². The van der Waals surface area contributed by atoms with E-state index in [4.69, 9.17) is 18.9 Å². The molecule has 4 nitrogen and oxygen atoms in total. The van der Waals surface area contributed by atoms with Crippen molar-refractivity contribution in [3.63, 3.8) is 0 Å². The number of hydrogen-bond acceptors (Lipinski definition) is 4. The molecule has 18 aliphatic rings. The lowest BCUT2D eigenvalue weighted by atomic mass is 9.80. The van der Waals surface area contributed by atoms with Gasteiger partial charge in [0.2, 0.25) is 0 Å². The molecule has 16 aliphatic carbocycles. The van der Waals surface area contributed by atoms with Crippen molar-refractivity contribution in [1.82, 2.24) is 0 Å². The summed E-state index contributed by atoms with van der Waals surface area (Å²) in [7, 11) is 0. The third-order valence-electron chi connectivity index (χ3n) is 20.2. The zero-order chi connectivity index (χ0) is 25.8. The first-order chi connectivity index (χ1) is 20.9. The predicted molar refractivity (Wildman–Crippen MR) is 148 cm³/mol. The third kappa shape index (κ3) is 1.67. The first-order valence-electron chi connectivity index (χ1n) is 19.2. The van der Waals surface area contributed by atoms with E-state index in [1.54, 1.807) is 0 Å². The van der Waals surface area contributed by atoms with Gasteiger partial charge in [-0.3, -0.25) is 0 Å². The minimum atomic E-state index is 0.132. The molecule has 0 aromatic rings. The molecule has 8 bridgehead atoms. The van der Waals surface area contributed by atoms with Crippen molar-refractivity contribution in [3.8, 4) is 0 Å². The first kappa shape index (κ1) is 21.4. The number of ether oxygens (including phenoxy) is 4. The summed E-state index contributed by atoms with van der Waals surface area (Å²) >= 11 is 0. The van der Waals surface area contributed by atoms with Crippen molar-refractivity contribution in [2.75, 3.05) is 13.2 Å².